The van der Waals surface area contributed by atoms with Gasteiger partial charge in [-0.1, -0.05) is 12.1 Å². The van der Waals surface area contributed by atoms with E-state index < -0.39 is 0 Å². The van der Waals surface area contributed by atoms with Crippen molar-refractivity contribution in [3.63, 3.8) is 0 Å². The number of nitrogens with zero attached hydrogens (tertiary/aromatic N) is 2. The zero-order valence-corrected chi connectivity index (χ0v) is 6.54. The van der Waals surface area contributed by atoms with Gasteiger partial charge in [0.05, 0.1) is 22.4 Å². The van der Waals surface area contributed by atoms with Crippen molar-refractivity contribution < 1.29 is 0 Å². The SMILES string of the molecule is [c]1cccc2nc3c(nc12)CC3. The third kappa shape index (κ3) is 0.694. The van der Waals surface area contributed by atoms with Crippen molar-refractivity contribution in [1.29, 1.82) is 0 Å². The first-order chi connectivity index (χ1) is 5.93. The van der Waals surface area contributed by atoms with E-state index in [4.69, 9.17) is 0 Å². The molecule has 0 amide bonds. The second-order valence-corrected chi connectivity index (χ2v) is 3.02. The highest BCUT2D eigenvalue weighted by molar-refractivity contribution is 5.73. The fraction of sp³-hybridized carbons (Fsp3) is 0.200. The van der Waals surface area contributed by atoms with E-state index in [9.17, 15) is 0 Å². The molecule has 0 saturated carbocycles. The van der Waals surface area contributed by atoms with Crippen LogP contribution in [-0.2, 0) is 12.8 Å². The molecule has 1 aliphatic rings. The fourth-order valence-corrected chi connectivity index (χ4v) is 1.47. The monoisotopic (exact) mass is 155 g/mol. The molecular formula is C10H7N2. The van der Waals surface area contributed by atoms with Gasteiger partial charge in [-0.25, -0.2) is 9.97 Å². The van der Waals surface area contributed by atoms with Crippen molar-refractivity contribution >= 4 is 11.0 Å². The van der Waals surface area contributed by atoms with Crippen LogP contribution < -0.4 is 0 Å². The molecule has 57 valence electrons. The lowest BCUT2D eigenvalue weighted by molar-refractivity contribution is 0.758. The molecule has 0 N–H and O–H groups in total. The normalized spacial score (nSPS) is 14.0. The Morgan fingerprint density at radius 2 is 2.00 bits per heavy atom. The van der Waals surface area contributed by atoms with Crippen molar-refractivity contribution in [2.75, 3.05) is 0 Å². The number of aryl methyl sites for hydroxylation is 2. The van der Waals surface area contributed by atoms with Gasteiger partial charge in [0.15, 0.2) is 0 Å². The molecule has 0 saturated heterocycles. The summed E-state index contributed by atoms with van der Waals surface area (Å²) in [5, 5.41) is 0. The molecule has 0 aliphatic heterocycles. The van der Waals surface area contributed by atoms with Crippen LogP contribution in [0.2, 0.25) is 0 Å². The molecule has 0 bridgehead atoms. The van der Waals surface area contributed by atoms with E-state index in [0.717, 1.165) is 29.6 Å². The molecule has 0 unspecified atom stereocenters. The molecule has 1 aromatic carbocycles. The van der Waals surface area contributed by atoms with Crippen LogP contribution in [0.1, 0.15) is 11.4 Å². The Kier molecular flexibility index (Phi) is 1.04. The zero-order valence-electron chi connectivity index (χ0n) is 6.54. The number of hydrogen-bond donors (Lipinski definition) is 0. The number of hydrogen-bond acceptors (Lipinski definition) is 2. The van der Waals surface area contributed by atoms with Crippen LogP contribution in [0.5, 0.6) is 0 Å². The van der Waals surface area contributed by atoms with E-state index >= 15 is 0 Å². The summed E-state index contributed by atoms with van der Waals surface area (Å²) >= 11 is 0. The second kappa shape index (κ2) is 2.03. The average Bonchev–Trinajstić information content (AvgIpc) is 2.09. The van der Waals surface area contributed by atoms with E-state index in [1.165, 1.54) is 5.69 Å². The molecule has 0 spiro atoms. The highest BCUT2D eigenvalue weighted by Gasteiger charge is 2.16. The first-order valence-electron chi connectivity index (χ1n) is 4.10. The van der Waals surface area contributed by atoms with Gasteiger partial charge in [0.25, 0.3) is 0 Å². The standard InChI is InChI=1S/C10H7N2/c1-2-4-8-7(3-1)11-9-5-6-10(9)12-8/h1-3H,5-6H2. The number of benzene rings is 1. The van der Waals surface area contributed by atoms with Gasteiger partial charge in [-0.05, 0) is 18.9 Å². The lowest BCUT2D eigenvalue weighted by Crippen LogP contribution is -2.13. The van der Waals surface area contributed by atoms with Crippen LogP contribution in [0.4, 0.5) is 0 Å². The lowest BCUT2D eigenvalue weighted by Gasteiger charge is -2.15. The molecule has 2 heteroatoms. The third-order valence-corrected chi connectivity index (χ3v) is 2.25. The quantitative estimate of drug-likeness (QED) is 0.576. The van der Waals surface area contributed by atoms with E-state index in [0.29, 0.717) is 0 Å². The topological polar surface area (TPSA) is 25.8 Å². The predicted molar refractivity (Wildman–Crippen MR) is 45.8 cm³/mol. The van der Waals surface area contributed by atoms with E-state index in [1.54, 1.807) is 0 Å². The van der Waals surface area contributed by atoms with Gasteiger partial charge >= 0.3 is 0 Å². The number of para-hydroxylation sites is 1. The van der Waals surface area contributed by atoms with Gasteiger partial charge in [0.2, 0.25) is 0 Å². The summed E-state index contributed by atoms with van der Waals surface area (Å²) in [5.74, 6) is 0. The minimum Gasteiger partial charge on any atom is -0.249 e. The Labute approximate surface area is 70.3 Å². The molecule has 0 fully saturated rings. The summed E-state index contributed by atoms with van der Waals surface area (Å²) in [6.45, 7) is 0. The molecule has 3 rings (SSSR count). The van der Waals surface area contributed by atoms with Crippen molar-refractivity contribution in [3.8, 4) is 0 Å². The first kappa shape index (κ1) is 6.12. The van der Waals surface area contributed by atoms with E-state index in [1.807, 2.05) is 18.2 Å². The lowest BCUT2D eigenvalue weighted by atomic mass is 10.00. The number of fused-ring (bicyclic) bond motifs is 2. The van der Waals surface area contributed by atoms with Crippen LogP contribution in [-0.4, -0.2) is 9.97 Å². The van der Waals surface area contributed by atoms with Crippen LogP contribution in [0.15, 0.2) is 18.2 Å². The minimum absolute atomic E-state index is 0.899. The molecule has 2 nitrogen and oxygen atoms in total. The van der Waals surface area contributed by atoms with Gasteiger partial charge in [-0.3, -0.25) is 0 Å². The highest BCUT2D eigenvalue weighted by atomic mass is 14.8. The number of aromatic nitrogens is 2. The Balaban J connectivity index is 2.43. The summed E-state index contributed by atoms with van der Waals surface area (Å²) in [6.07, 6.45) is 2.17. The van der Waals surface area contributed by atoms with Gasteiger partial charge in [0, 0.05) is 6.07 Å². The molecule has 12 heavy (non-hydrogen) atoms. The van der Waals surface area contributed by atoms with E-state index in [2.05, 4.69) is 16.0 Å². The second-order valence-electron chi connectivity index (χ2n) is 3.02. The average molecular weight is 155 g/mol. The van der Waals surface area contributed by atoms with Gasteiger partial charge in [-0.15, -0.1) is 0 Å². The summed E-state index contributed by atoms with van der Waals surface area (Å²) in [6, 6.07) is 8.89. The smallest absolute Gasteiger partial charge is 0.0969 e. The Morgan fingerprint density at radius 3 is 2.83 bits per heavy atom. The molecule has 1 heterocycles. The summed E-state index contributed by atoms with van der Waals surface area (Å²) in [7, 11) is 0. The zero-order chi connectivity index (χ0) is 7.97. The Bertz CT molecular complexity index is 406. The van der Waals surface area contributed by atoms with Gasteiger partial charge in [-0.2, -0.15) is 0 Å². The summed E-state index contributed by atoms with van der Waals surface area (Å²) in [4.78, 5) is 8.91. The van der Waals surface area contributed by atoms with Crippen LogP contribution in [0.25, 0.3) is 11.0 Å². The van der Waals surface area contributed by atoms with Crippen molar-refractivity contribution in [1.82, 2.24) is 9.97 Å². The predicted octanol–water partition coefficient (Wildman–Crippen LogP) is 1.53. The molecular weight excluding hydrogens is 148 g/mol. The maximum Gasteiger partial charge on any atom is 0.0969 e. The van der Waals surface area contributed by atoms with Crippen molar-refractivity contribution in [3.05, 3.63) is 35.7 Å². The molecule has 2 aromatic rings. The molecule has 1 aromatic heterocycles. The molecule has 0 atom stereocenters. The van der Waals surface area contributed by atoms with Gasteiger partial charge in [0.1, 0.15) is 0 Å². The third-order valence-electron chi connectivity index (χ3n) is 2.25. The highest BCUT2D eigenvalue weighted by Crippen LogP contribution is 2.20. The van der Waals surface area contributed by atoms with E-state index in [-0.39, 0.29) is 0 Å². The van der Waals surface area contributed by atoms with Crippen LogP contribution in [0.3, 0.4) is 0 Å². The largest absolute Gasteiger partial charge is 0.249 e. The maximum absolute atomic E-state index is 4.47. The van der Waals surface area contributed by atoms with Crippen LogP contribution >= 0.6 is 0 Å². The van der Waals surface area contributed by atoms with Gasteiger partial charge < -0.3 is 0 Å². The maximum atomic E-state index is 4.47. The number of rotatable bonds is 0. The summed E-state index contributed by atoms with van der Waals surface area (Å²) in [5.41, 5.74) is 4.19. The van der Waals surface area contributed by atoms with Crippen LogP contribution in [0, 0.1) is 6.07 Å². The van der Waals surface area contributed by atoms with Crippen molar-refractivity contribution in [2.24, 2.45) is 0 Å². The fourth-order valence-electron chi connectivity index (χ4n) is 1.47. The minimum atomic E-state index is 0.899. The summed E-state index contributed by atoms with van der Waals surface area (Å²) < 4.78 is 0. The Morgan fingerprint density at radius 1 is 1.17 bits per heavy atom. The first-order valence-corrected chi connectivity index (χ1v) is 4.10. The van der Waals surface area contributed by atoms with Crippen molar-refractivity contribution in [2.45, 2.75) is 12.8 Å². The molecule has 1 aliphatic carbocycles. The Hall–Kier alpha value is -1.44. The molecule has 1 radical (unpaired) electrons.